The third-order valence-electron chi connectivity index (χ3n) is 6.99. The lowest BCUT2D eigenvalue weighted by Crippen LogP contribution is -2.37. The lowest BCUT2D eigenvalue weighted by Gasteiger charge is -2.33. The third-order valence-corrected chi connectivity index (χ3v) is 6.99. The van der Waals surface area contributed by atoms with Crippen molar-refractivity contribution in [1.29, 1.82) is 0 Å². The molecule has 4 N–H and O–H groups in total. The van der Waals surface area contributed by atoms with E-state index in [1.165, 1.54) is 6.07 Å². The van der Waals surface area contributed by atoms with Crippen LogP contribution in [-0.2, 0) is 6.42 Å². The van der Waals surface area contributed by atoms with E-state index in [0.29, 0.717) is 37.1 Å². The molecule has 1 aliphatic carbocycles. The molecule has 0 bridgehead atoms. The average molecular weight is 499 g/mol. The Bertz CT molecular complexity index is 935. The summed E-state index contributed by atoms with van der Waals surface area (Å²) in [5, 5.41) is 0. The minimum Gasteiger partial charge on any atom is -0.432 e. The Morgan fingerprint density at radius 1 is 0.943 bits per heavy atom. The van der Waals surface area contributed by atoms with E-state index in [1.807, 2.05) is 25.1 Å². The highest BCUT2D eigenvalue weighted by atomic mass is 19.4. The highest BCUT2D eigenvalue weighted by Crippen LogP contribution is 2.42. The standard InChI is InChI=1S/C27H35F5N2O/c1-2-20(13-19-14-23(33)17-24(34)15-19)21-6-3-7-25(16-21)35-27(31,32)22-10-8-18(9-11-22)5-4-12-26(28,29)30/h3,6-7,14-18,20,22H,2,4-5,8-13,33-34H2,1H3. The number of halogens is 5. The first-order valence-electron chi connectivity index (χ1n) is 12.3. The second-order valence-corrected chi connectivity index (χ2v) is 9.78. The van der Waals surface area contributed by atoms with Gasteiger partial charge in [0, 0.05) is 17.8 Å². The van der Waals surface area contributed by atoms with Crippen molar-refractivity contribution in [2.24, 2.45) is 11.8 Å². The maximum Gasteiger partial charge on any atom is 0.400 e. The van der Waals surface area contributed by atoms with Crippen LogP contribution in [0.5, 0.6) is 5.75 Å². The van der Waals surface area contributed by atoms with Gasteiger partial charge in [-0.1, -0.05) is 25.5 Å². The van der Waals surface area contributed by atoms with E-state index in [1.54, 1.807) is 18.2 Å². The maximum absolute atomic E-state index is 15.0. The zero-order valence-electron chi connectivity index (χ0n) is 20.1. The Morgan fingerprint density at radius 3 is 2.20 bits per heavy atom. The van der Waals surface area contributed by atoms with Crippen LogP contribution in [0.3, 0.4) is 0 Å². The molecule has 1 fully saturated rings. The van der Waals surface area contributed by atoms with Gasteiger partial charge in [0.1, 0.15) is 5.75 Å². The van der Waals surface area contributed by atoms with Crippen molar-refractivity contribution in [2.75, 3.05) is 11.5 Å². The van der Waals surface area contributed by atoms with Gasteiger partial charge in [-0.2, -0.15) is 22.0 Å². The molecule has 3 nitrogen and oxygen atoms in total. The number of anilines is 2. The summed E-state index contributed by atoms with van der Waals surface area (Å²) in [6, 6.07) is 12.2. The van der Waals surface area contributed by atoms with Crippen LogP contribution >= 0.6 is 0 Å². The fraction of sp³-hybridized carbons (Fsp3) is 0.556. The van der Waals surface area contributed by atoms with E-state index >= 15 is 0 Å². The molecule has 0 heterocycles. The molecular formula is C27H35F5N2O. The smallest absolute Gasteiger partial charge is 0.400 e. The van der Waals surface area contributed by atoms with Gasteiger partial charge >= 0.3 is 12.3 Å². The predicted molar refractivity (Wildman–Crippen MR) is 129 cm³/mol. The molecule has 0 aromatic heterocycles. The number of alkyl halides is 5. The second-order valence-electron chi connectivity index (χ2n) is 9.78. The highest BCUT2D eigenvalue weighted by molar-refractivity contribution is 5.54. The second kappa shape index (κ2) is 11.5. The van der Waals surface area contributed by atoms with Crippen molar-refractivity contribution in [3.63, 3.8) is 0 Å². The van der Waals surface area contributed by atoms with Crippen LogP contribution in [0.15, 0.2) is 42.5 Å². The maximum atomic E-state index is 15.0. The topological polar surface area (TPSA) is 61.3 Å². The predicted octanol–water partition coefficient (Wildman–Crippen LogP) is 8.10. The monoisotopic (exact) mass is 498 g/mol. The van der Waals surface area contributed by atoms with Gasteiger partial charge in [0.15, 0.2) is 0 Å². The Labute approximate surface area is 204 Å². The largest absolute Gasteiger partial charge is 0.432 e. The number of benzene rings is 2. The fourth-order valence-corrected chi connectivity index (χ4v) is 5.10. The van der Waals surface area contributed by atoms with Crippen LogP contribution in [0.4, 0.5) is 33.3 Å². The number of rotatable bonds is 10. The first-order chi connectivity index (χ1) is 16.4. The van der Waals surface area contributed by atoms with Gasteiger partial charge in [-0.05, 0) is 98.2 Å². The molecule has 0 radical (unpaired) electrons. The summed E-state index contributed by atoms with van der Waals surface area (Å²) in [5.41, 5.74) is 14.9. The van der Waals surface area contributed by atoms with Crippen molar-refractivity contribution in [3.8, 4) is 5.75 Å². The van der Waals surface area contributed by atoms with Crippen LogP contribution in [0.25, 0.3) is 0 Å². The lowest BCUT2D eigenvalue weighted by atomic mass is 9.79. The minimum absolute atomic E-state index is 0.0548. The first kappa shape index (κ1) is 27.1. The zero-order valence-corrected chi connectivity index (χ0v) is 20.1. The van der Waals surface area contributed by atoms with Crippen LogP contribution < -0.4 is 16.2 Å². The average Bonchev–Trinajstić information content (AvgIpc) is 2.76. The van der Waals surface area contributed by atoms with Gasteiger partial charge in [-0.3, -0.25) is 0 Å². The Kier molecular flexibility index (Phi) is 8.89. The van der Waals surface area contributed by atoms with Gasteiger partial charge < -0.3 is 16.2 Å². The Morgan fingerprint density at radius 2 is 1.60 bits per heavy atom. The summed E-state index contributed by atoms with van der Waals surface area (Å²) >= 11 is 0. The molecular weight excluding hydrogens is 463 g/mol. The summed E-state index contributed by atoms with van der Waals surface area (Å²) in [6.07, 6.45) is -4.85. The molecule has 8 heteroatoms. The number of nitrogen functional groups attached to an aromatic ring is 2. The van der Waals surface area contributed by atoms with Crippen molar-refractivity contribution < 1.29 is 26.7 Å². The van der Waals surface area contributed by atoms with Crippen molar-refractivity contribution in [3.05, 3.63) is 53.6 Å². The van der Waals surface area contributed by atoms with E-state index in [2.05, 4.69) is 0 Å². The van der Waals surface area contributed by atoms with Crippen LogP contribution in [-0.4, -0.2) is 12.3 Å². The molecule has 1 unspecified atom stereocenters. The summed E-state index contributed by atoms with van der Waals surface area (Å²) in [6.45, 7) is 2.04. The van der Waals surface area contributed by atoms with Crippen LogP contribution in [0, 0.1) is 11.8 Å². The Balaban J connectivity index is 1.58. The van der Waals surface area contributed by atoms with Crippen LogP contribution in [0.2, 0.25) is 0 Å². The summed E-state index contributed by atoms with van der Waals surface area (Å²) in [7, 11) is 0. The number of nitrogens with two attached hydrogens (primary N) is 2. The summed E-state index contributed by atoms with van der Waals surface area (Å²) in [4.78, 5) is 0. The van der Waals surface area contributed by atoms with E-state index in [4.69, 9.17) is 16.2 Å². The molecule has 2 aromatic carbocycles. The molecule has 1 atom stereocenters. The van der Waals surface area contributed by atoms with Gasteiger partial charge in [-0.25, -0.2) is 0 Å². The number of ether oxygens (including phenoxy) is 1. The number of hydrogen-bond acceptors (Lipinski definition) is 3. The van der Waals surface area contributed by atoms with Crippen molar-refractivity contribution >= 4 is 11.4 Å². The summed E-state index contributed by atoms with van der Waals surface area (Å²) < 4.78 is 72.2. The third kappa shape index (κ3) is 8.29. The Hall–Kier alpha value is -2.51. The quantitative estimate of drug-likeness (QED) is 0.257. The molecule has 194 valence electrons. The molecule has 35 heavy (non-hydrogen) atoms. The van der Waals surface area contributed by atoms with Crippen molar-refractivity contribution in [1.82, 2.24) is 0 Å². The van der Waals surface area contributed by atoms with E-state index < -0.39 is 24.6 Å². The fourth-order valence-electron chi connectivity index (χ4n) is 5.10. The van der Waals surface area contributed by atoms with Gasteiger partial charge in [-0.15, -0.1) is 0 Å². The van der Waals surface area contributed by atoms with Gasteiger partial charge in [0.25, 0.3) is 0 Å². The van der Waals surface area contributed by atoms with E-state index in [-0.39, 0.29) is 36.8 Å². The highest BCUT2D eigenvalue weighted by Gasteiger charge is 2.44. The molecule has 0 aliphatic heterocycles. The first-order valence-corrected chi connectivity index (χ1v) is 12.3. The van der Waals surface area contributed by atoms with E-state index in [0.717, 1.165) is 17.5 Å². The molecule has 0 saturated heterocycles. The zero-order chi connectivity index (χ0) is 25.6. The molecule has 0 spiro atoms. The number of hydrogen-bond donors (Lipinski definition) is 2. The molecule has 3 rings (SSSR count). The van der Waals surface area contributed by atoms with E-state index in [9.17, 15) is 22.0 Å². The molecule has 0 amide bonds. The molecule has 1 aliphatic rings. The minimum atomic E-state index is -4.16. The van der Waals surface area contributed by atoms with Gasteiger partial charge in [0.05, 0.1) is 5.92 Å². The normalized spacial score (nSPS) is 19.9. The van der Waals surface area contributed by atoms with Gasteiger partial charge in [0.2, 0.25) is 0 Å². The SMILES string of the molecule is CCC(Cc1cc(N)cc(N)c1)c1cccc(OC(F)(F)C2CCC(CCCC(F)(F)F)CC2)c1. The molecule has 2 aromatic rings. The lowest BCUT2D eigenvalue weighted by molar-refractivity contribution is -0.223. The summed E-state index contributed by atoms with van der Waals surface area (Å²) in [5.74, 6) is -0.674. The molecule has 1 saturated carbocycles. The van der Waals surface area contributed by atoms with Crippen LogP contribution in [0.1, 0.15) is 75.3 Å². The van der Waals surface area contributed by atoms with Crippen molar-refractivity contribution in [2.45, 2.75) is 82.9 Å².